The molecule has 4 aromatic rings. The molecule has 1 aliphatic heterocycles. The Morgan fingerprint density at radius 1 is 1.17 bits per heavy atom. The van der Waals surface area contributed by atoms with Gasteiger partial charge in [0.2, 0.25) is 0 Å². The average Bonchev–Trinajstić information content (AvgIpc) is 3.49. The van der Waals surface area contributed by atoms with Gasteiger partial charge in [-0.1, -0.05) is 18.2 Å². The van der Waals surface area contributed by atoms with Crippen molar-refractivity contribution in [1.82, 2.24) is 10.3 Å². The Hall–Kier alpha value is -3.32. The van der Waals surface area contributed by atoms with Gasteiger partial charge >= 0.3 is 0 Å². The fourth-order valence-electron chi connectivity index (χ4n) is 4.75. The van der Waals surface area contributed by atoms with Crippen LogP contribution in [-0.2, 0) is 6.42 Å². The van der Waals surface area contributed by atoms with Crippen LogP contribution in [0.1, 0.15) is 34.5 Å². The Labute approximate surface area is 208 Å². The van der Waals surface area contributed by atoms with Gasteiger partial charge in [-0.15, -0.1) is 11.3 Å². The molecule has 1 aliphatic carbocycles. The molecule has 180 valence electrons. The number of halogens is 1. The molecule has 5 nitrogen and oxygen atoms in total. The maximum atomic E-state index is 14.3. The van der Waals surface area contributed by atoms with E-state index in [4.69, 9.17) is 9.73 Å². The molecule has 1 saturated carbocycles. The van der Waals surface area contributed by atoms with Crippen molar-refractivity contribution in [1.29, 1.82) is 0 Å². The van der Waals surface area contributed by atoms with Crippen LogP contribution in [0, 0.1) is 25.6 Å². The molecule has 6 rings (SSSR count). The molecule has 2 aromatic heterocycles. The van der Waals surface area contributed by atoms with Crippen molar-refractivity contribution >= 4 is 33.8 Å². The predicted octanol–water partition coefficient (Wildman–Crippen LogP) is 6.40. The molecule has 3 N–H and O–H groups in total. The third kappa shape index (κ3) is 4.41. The first kappa shape index (κ1) is 22.2. The van der Waals surface area contributed by atoms with Crippen LogP contribution in [0.25, 0.3) is 21.3 Å². The quantitative estimate of drug-likeness (QED) is 0.282. The van der Waals surface area contributed by atoms with Crippen LogP contribution in [0.15, 0.2) is 47.5 Å². The van der Waals surface area contributed by atoms with Crippen molar-refractivity contribution < 1.29 is 9.13 Å². The van der Waals surface area contributed by atoms with Gasteiger partial charge in [0.15, 0.2) is 0 Å². The predicted molar refractivity (Wildman–Crippen MR) is 142 cm³/mol. The van der Waals surface area contributed by atoms with E-state index in [9.17, 15) is 4.39 Å². The number of nitrogens with zero attached hydrogens (tertiary/aromatic N) is 1. The van der Waals surface area contributed by atoms with E-state index in [1.807, 2.05) is 26.0 Å². The first-order valence-corrected chi connectivity index (χ1v) is 13.0. The minimum Gasteiger partial charge on any atom is -0.493 e. The standard InChI is InChI=1S/C28H29FN4OS/c1-16-6-9-22(29)26-25(16)21(17(2)33-26)10-11-30-28-27-23(31-15-32-28)13-24(35-27)19-4-3-5-20(12-19)34-14-18-7-8-18/h3-6,9,12-13,18,31,33H,7-8,10-11,14-15H2,1-2H3,(H,30,32). The smallest absolute Gasteiger partial charge is 0.147 e. The Morgan fingerprint density at radius 2 is 2.06 bits per heavy atom. The second kappa shape index (κ2) is 9.04. The zero-order chi connectivity index (χ0) is 23.9. The van der Waals surface area contributed by atoms with E-state index in [0.29, 0.717) is 12.2 Å². The number of rotatable bonds is 7. The van der Waals surface area contributed by atoms with Crippen LogP contribution < -0.4 is 15.4 Å². The summed E-state index contributed by atoms with van der Waals surface area (Å²) in [4.78, 5) is 10.2. The summed E-state index contributed by atoms with van der Waals surface area (Å²) in [5, 5.41) is 7.95. The third-order valence-corrected chi connectivity index (χ3v) is 8.04. The Kier molecular flexibility index (Phi) is 5.72. The number of nitrogens with one attached hydrogen (secondary N) is 3. The molecule has 0 radical (unpaired) electrons. The van der Waals surface area contributed by atoms with Gasteiger partial charge in [0.05, 0.1) is 22.7 Å². The number of aromatic nitrogens is 1. The number of amidine groups is 1. The van der Waals surface area contributed by atoms with Crippen LogP contribution in [0.5, 0.6) is 5.75 Å². The highest BCUT2D eigenvalue weighted by molar-refractivity contribution is 7.18. The average molecular weight is 489 g/mol. The van der Waals surface area contributed by atoms with Crippen molar-refractivity contribution in [3.8, 4) is 16.2 Å². The summed E-state index contributed by atoms with van der Waals surface area (Å²) in [5.41, 5.74) is 6.14. The molecule has 2 aromatic carbocycles. The summed E-state index contributed by atoms with van der Waals surface area (Å²) < 4.78 is 20.3. The molecule has 2 aliphatic rings. The minimum absolute atomic E-state index is 0.201. The Bertz CT molecular complexity index is 1430. The van der Waals surface area contributed by atoms with E-state index in [1.165, 1.54) is 23.8 Å². The second-order valence-corrected chi connectivity index (χ2v) is 10.5. The molecule has 3 heterocycles. The monoisotopic (exact) mass is 488 g/mol. The number of thiophene rings is 1. The van der Waals surface area contributed by atoms with Gasteiger partial charge in [0, 0.05) is 22.5 Å². The summed E-state index contributed by atoms with van der Waals surface area (Å²) >= 11 is 1.73. The van der Waals surface area contributed by atoms with Crippen LogP contribution in [0.4, 0.5) is 10.1 Å². The number of hydrogen-bond donors (Lipinski definition) is 3. The summed E-state index contributed by atoms with van der Waals surface area (Å²) in [7, 11) is 0. The molecule has 7 heteroatoms. The van der Waals surface area contributed by atoms with Gasteiger partial charge in [-0.05, 0) is 80.0 Å². The van der Waals surface area contributed by atoms with Gasteiger partial charge in [-0.25, -0.2) is 9.38 Å². The van der Waals surface area contributed by atoms with Gasteiger partial charge in [0.25, 0.3) is 0 Å². The lowest BCUT2D eigenvalue weighted by Gasteiger charge is -2.16. The molecule has 0 saturated heterocycles. The maximum Gasteiger partial charge on any atom is 0.147 e. The number of fused-ring (bicyclic) bond motifs is 2. The molecular weight excluding hydrogens is 459 g/mol. The van der Waals surface area contributed by atoms with Crippen LogP contribution in [-0.4, -0.2) is 30.6 Å². The molecule has 0 spiro atoms. The highest BCUT2D eigenvalue weighted by Crippen LogP contribution is 2.38. The lowest BCUT2D eigenvalue weighted by molar-refractivity contribution is 0.300. The number of anilines is 1. The molecular formula is C28H29FN4OS. The lowest BCUT2D eigenvalue weighted by Crippen LogP contribution is -2.29. The van der Waals surface area contributed by atoms with E-state index in [1.54, 1.807) is 11.3 Å². The fraction of sp³-hybridized carbons (Fsp3) is 0.321. The SMILES string of the molecule is Cc1[nH]c2c(F)ccc(C)c2c1CCNC1=NCNc2cc(-c3cccc(OCC4CC4)c3)sc21. The van der Waals surface area contributed by atoms with Crippen LogP contribution >= 0.6 is 11.3 Å². The van der Waals surface area contributed by atoms with Crippen molar-refractivity contribution in [2.24, 2.45) is 10.9 Å². The Morgan fingerprint density at radius 3 is 2.91 bits per heavy atom. The zero-order valence-corrected chi connectivity index (χ0v) is 20.8. The second-order valence-electron chi connectivity index (χ2n) is 9.50. The van der Waals surface area contributed by atoms with Crippen LogP contribution in [0.3, 0.4) is 0 Å². The molecule has 0 bridgehead atoms. The van der Waals surface area contributed by atoms with Gasteiger partial charge in [0.1, 0.15) is 24.1 Å². The molecule has 35 heavy (non-hydrogen) atoms. The largest absolute Gasteiger partial charge is 0.493 e. The number of H-pyrrole nitrogens is 1. The highest BCUT2D eigenvalue weighted by atomic mass is 32.1. The van der Waals surface area contributed by atoms with E-state index in [-0.39, 0.29) is 5.82 Å². The van der Waals surface area contributed by atoms with Gasteiger partial charge in [-0.2, -0.15) is 0 Å². The van der Waals surface area contributed by atoms with E-state index < -0.39 is 0 Å². The highest BCUT2D eigenvalue weighted by Gasteiger charge is 2.22. The summed E-state index contributed by atoms with van der Waals surface area (Å²) in [6.07, 6.45) is 3.36. The number of aliphatic imine (C=N–C) groups is 1. The van der Waals surface area contributed by atoms with E-state index >= 15 is 0 Å². The molecule has 0 atom stereocenters. The Balaban J connectivity index is 1.18. The third-order valence-electron chi connectivity index (χ3n) is 6.85. The number of aryl methyl sites for hydroxylation is 2. The molecule has 0 amide bonds. The van der Waals surface area contributed by atoms with E-state index in [2.05, 4.69) is 39.9 Å². The normalized spacial score (nSPS) is 15.0. The van der Waals surface area contributed by atoms with Gasteiger partial charge in [-0.3, -0.25) is 0 Å². The van der Waals surface area contributed by atoms with E-state index in [0.717, 1.165) is 75.4 Å². The number of ether oxygens (including phenoxy) is 1. The molecule has 1 fully saturated rings. The van der Waals surface area contributed by atoms with Gasteiger partial charge < -0.3 is 20.4 Å². The van der Waals surface area contributed by atoms with Crippen molar-refractivity contribution in [2.75, 3.05) is 25.1 Å². The summed E-state index contributed by atoms with van der Waals surface area (Å²) in [5.74, 6) is 2.38. The minimum atomic E-state index is -0.201. The fourth-order valence-corrected chi connectivity index (χ4v) is 5.87. The number of benzene rings is 2. The zero-order valence-electron chi connectivity index (χ0n) is 20.0. The summed E-state index contributed by atoms with van der Waals surface area (Å²) in [6, 6.07) is 13.9. The lowest BCUT2D eigenvalue weighted by atomic mass is 10.0. The molecule has 0 unspecified atom stereocenters. The first-order valence-electron chi connectivity index (χ1n) is 12.2. The van der Waals surface area contributed by atoms with Crippen molar-refractivity contribution in [3.63, 3.8) is 0 Å². The summed E-state index contributed by atoms with van der Waals surface area (Å²) in [6.45, 7) is 6.14. The topological polar surface area (TPSA) is 61.4 Å². The van der Waals surface area contributed by atoms with Crippen molar-refractivity contribution in [2.45, 2.75) is 33.1 Å². The van der Waals surface area contributed by atoms with Crippen LogP contribution in [0.2, 0.25) is 0 Å². The number of hydrogen-bond acceptors (Lipinski definition) is 5. The first-order chi connectivity index (χ1) is 17.1. The van der Waals surface area contributed by atoms with Crippen molar-refractivity contribution in [3.05, 3.63) is 70.0 Å². The number of aromatic amines is 1. The maximum absolute atomic E-state index is 14.3.